The smallest absolute Gasteiger partial charge is 0.337 e. The third kappa shape index (κ3) is 3.36. The van der Waals surface area contributed by atoms with Crippen LogP contribution in [0.15, 0.2) is 40.2 Å². The van der Waals surface area contributed by atoms with Gasteiger partial charge in [-0.15, -0.1) is 11.3 Å². The van der Waals surface area contributed by atoms with Crippen molar-refractivity contribution < 1.29 is 9.90 Å². The molecule has 0 atom stereocenters. The molecule has 0 unspecified atom stereocenters. The normalized spacial score (nSPS) is 10.4. The maximum absolute atomic E-state index is 11.4. The standard InChI is InChI=1S/C14H14BrNO2S/c1-2-16(9-11-4-3-7-19-11)13-6-5-10(15)8-12(13)14(17)18/h3-8H,2,9H2,1H3,(H,17,18). The summed E-state index contributed by atoms with van der Waals surface area (Å²) in [7, 11) is 0. The second kappa shape index (κ2) is 6.21. The second-order valence-electron chi connectivity index (χ2n) is 4.06. The third-order valence-corrected chi connectivity index (χ3v) is 4.19. The number of anilines is 1. The topological polar surface area (TPSA) is 40.5 Å². The maximum atomic E-state index is 11.4. The van der Waals surface area contributed by atoms with E-state index in [9.17, 15) is 9.90 Å². The molecule has 0 saturated heterocycles. The first-order valence-corrected chi connectivity index (χ1v) is 7.59. The van der Waals surface area contributed by atoms with Gasteiger partial charge in [0.2, 0.25) is 0 Å². The molecule has 0 aliphatic carbocycles. The Balaban J connectivity index is 2.35. The summed E-state index contributed by atoms with van der Waals surface area (Å²) < 4.78 is 0.779. The van der Waals surface area contributed by atoms with Crippen LogP contribution in [0.25, 0.3) is 0 Å². The summed E-state index contributed by atoms with van der Waals surface area (Å²) in [4.78, 5) is 14.6. The van der Waals surface area contributed by atoms with Crippen LogP contribution < -0.4 is 4.90 Å². The fourth-order valence-electron chi connectivity index (χ4n) is 1.91. The average molecular weight is 340 g/mol. The van der Waals surface area contributed by atoms with E-state index in [1.807, 2.05) is 30.5 Å². The van der Waals surface area contributed by atoms with Crippen LogP contribution in [0.5, 0.6) is 0 Å². The number of carbonyl (C=O) groups is 1. The zero-order chi connectivity index (χ0) is 13.8. The SMILES string of the molecule is CCN(Cc1cccs1)c1ccc(Br)cc1C(=O)O. The molecule has 0 bridgehead atoms. The summed E-state index contributed by atoms with van der Waals surface area (Å²) in [5, 5.41) is 11.3. The van der Waals surface area contributed by atoms with Gasteiger partial charge in [-0.3, -0.25) is 0 Å². The zero-order valence-electron chi connectivity index (χ0n) is 10.5. The van der Waals surface area contributed by atoms with Gasteiger partial charge in [0.05, 0.1) is 17.8 Å². The molecule has 0 amide bonds. The van der Waals surface area contributed by atoms with Crippen LogP contribution in [0.4, 0.5) is 5.69 Å². The molecule has 0 fully saturated rings. The van der Waals surface area contributed by atoms with Gasteiger partial charge in [-0.1, -0.05) is 22.0 Å². The van der Waals surface area contributed by atoms with E-state index in [1.165, 1.54) is 4.88 Å². The monoisotopic (exact) mass is 339 g/mol. The fraction of sp³-hybridized carbons (Fsp3) is 0.214. The van der Waals surface area contributed by atoms with Gasteiger partial charge >= 0.3 is 5.97 Å². The molecule has 5 heteroatoms. The Bertz CT molecular complexity index is 569. The first-order chi connectivity index (χ1) is 9.11. The Morgan fingerprint density at radius 3 is 2.79 bits per heavy atom. The number of hydrogen-bond acceptors (Lipinski definition) is 3. The van der Waals surface area contributed by atoms with E-state index < -0.39 is 5.97 Å². The minimum absolute atomic E-state index is 0.327. The van der Waals surface area contributed by atoms with Gasteiger partial charge in [0.15, 0.2) is 0 Å². The van der Waals surface area contributed by atoms with Gasteiger partial charge in [-0.2, -0.15) is 0 Å². The Morgan fingerprint density at radius 2 is 2.21 bits per heavy atom. The van der Waals surface area contributed by atoms with Crippen molar-refractivity contribution >= 4 is 38.9 Å². The largest absolute Gasteiger partial charge is 0.478 e. The molecular formula is C14H14BrNO2S. The predicted molar refractivity (Wildman–Crippen MR) is 82.1 cm³/mol. The first-order valence-electron chi connectivity index (χ1n) is 5.92. The molecule has 19 heavy (non-hydrogen) atoms. The quantitative estimate of drug-likeness (QED) is 0.885. The number of hydrogen-bond donors (Lipinski definition) is 1. The summed E-state index contributed by atoms with van der Waals surface area (Å²) in [5.74, 6) is -0.902. The number of nitrogens with zero attached hydrogens (tertiary/aromatic N) is 1. The van der Waals surface area contributed by atoms with Crippen molar-refractivity contribution in [1.82, 2.24) is 0 Å². The first kappa shape index (κ1) is 14.1. The van der Waals surface area contributed by atoms with Gasteiger partial charge in [0.25, 0.3) is 0 Å². The summed E-state index contributed by atoms with van der Waals surface area (Å²) in [5.41, 5.74) is 1.08. The highest BCUT2D eigenvalue weighted by atomic mass is 79.9. The molecule has 3 nitrogen and oxygen atoms in total. The van der Waals surface area contributed by atoms with Crippen LogP contribution in [0.1, 0.15) is 22.2 Å². The number of thiophene rings is 1. The highest BCUT2D eigenvalue weighted by molar-refractivity contribution is 9.10. The van der Waals surface area contributed by atoms with Crippen molar-refractivity contribution in [1.29, 1.82) is 0 Å². The average Bonchev–Trinajstić information content (AvgIpc) is 2.89. The van der Waals surface area contributed by atoms with E-state index in [2.05, 4.69) is 26.9 Å². The molecule has 1 aromatic heterocycles. The van der Waals surface area contributed by atoms with E-state index in [-0.39, 0.29) is 0 Å². The lowest BCUT2D eigenvalue weighted by molar-refractivity contribution is 0.0697. The van der Waals surface area contributed by atoms with E-state index in [0.717, 1.165) is 23.2 Å². The van der Waals surface area contributed by atoms with Gasteiger partial charge in [-0.25, -0.2) is 4.79 Å². The lowest BCUT2D eigenvalue weighted by atomic mass is 10.1. The molecule has 0 spiro atoms. The second-order valence-corrected chi connectivity index (χ2v) is 6.01. The highest BCUT2D eigenvalue weighted by Crippen LogP contribution is 2.26. The van der Waals surface area contributed by atoms with Crippen molar-refractivity contribution in [2.75, 3.05) is 11.4 Å². The van der Waals surface area contributed by atoms with Crippen LogP contribution in [-0.2, 0) is 6.54 Å². The lowest BCUT2D eigenvalue weighted by Gasteiger charge is -2.24. The minimum atomic E-state index is -0.902. The van der Waals surface area contributed by atoms with E-state index in [1.54, 1.807) is 17.4 Å². The zero-order valence-corrected chi connectivity index (χ0v) is 12.9. The molecular weight excluding hydrogens is 326 g/mol. The van der Waals surface area contributed by atoms with Gasteiger partial charge in [0.1, 0.15) is 0 Å². The highest BCUT2D eigenvalue weighted by Gasteiger charge is 2.16. The van der Waals surface area contributed by atoms with Crippen molar-refractivity contribution in [3.8, 4) is 0 Å². The molecule has 0 radical (unpaired) electrons. The fourth-order valence-corrected chi connectivity index (χ4v) is 2.99. The summed E-state index contributed by atoms with van der Waals surface area (Å²) in [6.45, 7) is 3.52. The lowest BCUT2D eigenvalue weighted by Crippen LogP contribution is -2.23. The molecule has 2 aromatic rings. The Morgan fingerprint density at radius 1 is 1.42 bits per heavy atom. The van der Waals surface area contributed by atoms with Crippen molar-refractivity contribution in [3.63, 3.8) is 0 Å². The molecule has 100 valence electrons. The van der Waals surface area contributed by atoms with Crippen LogP contribution in [0, 0.1) is 0 Å². The molecule has 1 aromatic carbocycles. The number of benzene rings is 1. The van der Waals surface area contributed by atoms with E-state index in [0.29, 0.717) is 5.56 Å². The Kier molecular flexibility index (Phi) is 4.61. The van der Waals surface area contributed by atoms with Crippen molar-refractivity contribution in [2.45, 2.75) is 13.5 Å². The summed E-state index contributed by atoms with van der Waals surface area (Å²) in [6.07, 6.45) is 0. The molecule has 2 rings (SSSR count). The van der Waals surface area contributed by atoms with Crippen LogP contribution in [0.2, 0.25) is 0 Å². The van der Waals surface area contributed by atoms with Gasteiger partial charge in [-0.05, 0) is 36.6 Å². The minimum Gasteiger partial charge on any atom is -0.478 e. The molecule has 0 aliphatic rings. The maximum Gasteiger partial charge on any atom is 0.337 e. The van der Waals surface area contributed by atoms with E-state index >= 15 is 0 Å². The van der Waals surface area contributed by atoms with Crippen LogP contribution in [-0.4, -0.2) is 17.6 Å². The predicted octanol–water partition coefficient (Wildman–Crippen LogP) is 4.24. The summed E-state index contributed by atoms with van der Waals surface area (Å²) in [6, 6.07) is 9.44. The molecule has 1 heterocycles. The number of rotatable bonds is 5. The van der Waals surface area contributed by atoms with Crippen LogP contribution >= 0.6 is 27.3 Å². The third-order valence-electron chi connectivity index (χ3n) is 2.84. The Labute approximate surface area is 124 Å². The number of halogens is 1. The number of carboxylic acids is 1. The van der Waals surface area contributed by atoms with Crippen molar-refractivity contribution in [2.24, 2.45) is 0 Å². The molecule has 1 N–H and O–H groups in total. The number of aromatic carboxylic acids is 1. The molecule has 0 aliphatic heterocycles. The molecule has 0 saturated carbocycles. The Hall–Kier alpha value is -1.33. The van der Waals surface area contributed by atoms with E-state index in [4.69, 9.17) is 0 Å². The van der Waals surface area contributed by atoms with Gasteiger partial charge in [0, 0.05) is 15.9 Å². The van der Waals surface area contributed by atoms with Crippen molar-refractivity contribution in [3.05, 3.63) is 50.6 Å². The van der Waals surface area contributed by atoms with Crippen LogP contribution in [0.3, 0.4) is 0 Å². The summed E-state index contributed by atoms with van der Waals surface area (Å²) >= 11 is 5.00. The number of carboxylic acid groups (broad SMARTS) is 1. The van der Waals surface area contributed by atoms with Gasteiger partial charge < -0.3 is 10.0 Å².